The number of rotatable bonds is 9. The van der Waals surface area contributed by atoms with Gasteiger partial charge >= 0.3 is 6.03 Å². The summed E-state index contributed by atoms with van der Waals surface area (Å²) in [6.45, 7) is 1.70. The van der Waals surface area contributed by atoms with Gasteiger partial charge in [-0.15, -0.1) is 12.4 Å². The van der Waals surface area contributed by atoms with Crippen LogP contribution in [0.5, 0.6) is 17.2 Å². The monoisotopic (exact) mass is 509 g/mol. The number of aliphatic hydroxyl groups is 1. The summed E-state index contributed by atoms with van der Waals surface area (Å²) in [6, 6.07) is 10.5. The van der Waals surface area contributed by atoms with Crippen LogP contribution in [0.4, 0.5) is 10.5 Å². The van der Waals surface area contributed by atoms with Crippen LogP contribution in [0, 0.1) is 0 Å². The van der Waals surface area contributed by atoms with Crippen LogP contribution in [0.15, 0.2) is 41.8 Å². The maximum Gasteiger partial charge on any atom is 0.346 e. The average Bonchev–Trinajstić information content (AvgIpc) is 3.32. The van der Waals surface area contributed by atoms with Crippen molar-refractivity contribution in [2.45, 2.75) is 13.0 Å². The number of aliphatic hydroxyl groups excluding tert-OH is 1. The Labute approximate surface area is 208 Å². The molecule has 2 amide bonds. The molecule has 2 N–H and O–H groups in total. The molecule has 3 rings (SSSR count). The number of halogens is 1. The van der Waals surface area contributed by atoms with Gasteiger partial charge in [0.15, 0.2) is 11.5 Å². The van der Waals surface area contributed by atoms with Gasteiger partial charge in [-0.25, -0.2) is 4.79 Å². The van der Waals surface area contributed by atoms with E-state index in [9.17, 15) is 9.90 Å². The zero-order valence-corrected chi connectivity index (χ0v) is 21.2. The number of hydrogen-bond acceptors (Lipinski definition) is 8. The van der Waals surface area contributed by atoms with Crippen molar-refractivity contribution in [3.05, 3.63) is 41.8 Å². The highest BCUT2D eigenvalue weighted by Crippen LogP contribution is 2.43. The number of urea groups is 1. The largest absolute Gasteiger partial charge is 0.493 e. The number of nitrogens with zero attached hydrogens (tertiary/aromatic N) is 2. The highest BCUT2D eigenvalue weighted by molar-refractivity contribution is 7.04. The van der Waals surface area contributed by atoms with Crippen molar-refractivity contribution in [3.63, 3.8) is 0 Å². The van der Waals surface area contributed by atoms with E-state index in [1.165, 1.54) is 18.6 Å². The normalized spacial score (nSPS) is 11.2. The molecule has 11 heteroatoms. The Hall–Kier alpha value is -3.05. The molecule has 0 radical (unpaired) electrons. The zero-order valence-electron chi connectivity index (χ0n) is 19.5. The molecule has 0 aliphatic rings. The van der Waals surface area contributed by atoms with E-state index in [-0.39, 0.29) is 19.0 Å². The first kappa shape index (κ1) is 27.2. The molecule has 1 aromatic heterocycles. The lowest BCUT2D eigenvalue weighted by Gasteiger charge is -2.21. The minimum atomic E-state index is -0.670. The topological polar surface area (TPSA) is 102 Å². The second-order valence-corrected chi connectivity index (χ2v) is 7.68. The third-order valence-corrected chi connectivity index (χ3v) is 5.44. The van der Waals surface area contributed by atoms with Gasteiger partial charge in [0.1, 0.15) is 0 Å². The number of methoxy groups -OCH3 is 3. The molecule has 1 atom stereocenters. The van der Waals surface area contributed by atoms with E-state index in [0.29, 0.717) is 22.9 Å². The first-order chi connectivity index (χ1) is 15.9. The first-order valence-electron chi connectivity index (χ1n) is 10.1. The van der Waals surface area contributed by atoms with Gasteiger partial charge in [0.25, 0.3) is 0 Å². The molecule has 3 aromatic rings. The Kier molecular flexibility index (Phi) is 9.94. The molecule has 34 heavy (non-hydrogen) atoms. The zero-order chi connectivity index (χ0) is 24.0. The summed E-state index contributed by atoms with van der Waals surface area (Å²) in [6.07, 6.45) is -0.670. The van der Waals surface area contributed by atoms with Crippen molar-refractivity contribution in [2.24, 2.45) is 0 Å². The number of ether oxygens (including phenoxy) is 3. The molecule has 184 valence electrons. The minimum Gasteiger partial charge on any atom is -0.493 e. The van der Waals surface area contributed by atoms with Crippen LogP contribution in [0.25, 0.3) is 22.4 Å². The highest BCUT2D eigenvalue weighted by Gasteiger charge is 2.20. The average molecular weight is 510 g/mol. The third-order valence-electron chi connectivity index (χ3n) is 4.82. The molecule has 9 nitrogen and oxygen atoms in total. The van der Waals surface area contributed by atoms with E-state index in [1.54, 1.807) is 34.3 Å². The lowest BCUT2D eigenvalue weighted by atomic mass is 10.0. The van der Waals surface area contributed by atoms with Gasteiger partial charge in [-0.05, 0) is 48.3 Å². The Morgan fingerprint density at radius 2 is 1.76 bits per heavy atom. The van der Waals surface area contributed by atoms with Gasteiger partial charge < -0.3 is 24.6 Å². The number of hydroxylamine groups is 1. The lowest BCUT2D eigenvalue weighted by Crippen LogP contribution is -2.42. The third kappa shape index (κ3) is 5.89. The predicted octanol–water partition coefficient (Wildman–Crippen LogP) is 4.38. The fraction of sp³-hybridized carbons (Fsp3) is 0.304. The molecule has 0 bridgehead atoms. The molecular formula is C23H28ClN3O6S. The number of hydrogen-bond donors (Lipinski definition) is 2. The van der Waals surface area contributed by atoms with E-state index in [4.69, 9.17) is 19.0 Å². The maximum absolute atomic E-state index is 12.5. The van der Waals surface area contributed by atoms with E-state index in [0.717, 1.165) is 27.4 Å². The van der Waals surface area contributed by atoms with E-state index in [2.05, 4.69) is 9.69 Å². The lowest BCUT2D eigenvalue weighted by molar-refractivity contribution is 0.154. The molecule has 0 aliphatic heterocycles. The van der Waals surface area contributed by atoms with Gasteiger partial charge in [0.05, 0.1) is 45.9 Å². The number of amides is 2. The van der Waals surface area contributed by atoms with E-state index < -0.39 is 12.1 Å². The van der Waals surface area contributed by atoms with Gasteiger partial charge in [-0.2, -0.15) is 9.44 Å². The van der Waals surface area contributed by atoms with Crippen molar-refractivity contribution in [1.82, 2.24) is 9.69 Å². The molecule has 0 saturated heterocycles. The van der Waals surface area contributed by atoms with E-state index >= 15 is 0 Å². The smallest absolute Gasteiger partial charge is 0.346 e. The molecule has 2 aromatic carbocycles. The molecule has 0 fully saturated rings. The number of carbonyl (C=O) groups excluding carboxylic acids is 1. The van der Waals surface area contributed by atoms with Crippen molar-refractivity contribution in [3.8, 4) is 39.6 Å². The Bertz CT molecular complexity index is 1080. The van der Waals surface area contributed by atoms with E-state index in [1.807, 2.05) is 35.7 Å². The van der Waals surface area contributed by atoms with Crippen LogP contribution in [-0.2, 0) is 4.84 Å². The van der Waals surface area contributed by atoms with Crippen molar-refractivity contribution in [1.29, 1.82) is 0 Å². The minimum absolute atomic E-state index is 0. The maximum atomic E-state index is 12.5. The van der Waals surface area contributed by atoms with Gasteiger partial charge in [-0.3, -0.25) is 4.84 Å². The Morgan fingerprint density at radius 3 is 2.32 bits per heavy atom. The molecule has 0 saturated carbocycles. The van der Waals surface area contributed by atoms with Crippen LogP contribution in [0.3, 0.4) is 0 Å². The Morgan fingerprint density at radius 1 is 1.09 bits per heavy atom. The van der Waals surface area contributed by atoms with Gasteiger partial charge in [-0.1, -0.05) is 12.1 Å². The number of benzene rings is 2. The molecule has 0 aliphatic carbocycles. The summed E-state index contributed by atoms with van der Waals surface area (Å²) < 4.78 is 21.0. The number of aromatic nitrogens is 1. The number of nitrogens with one attached hydrogen (secondary N) is 1. The number of anilines is 1. The second kappa shape index (κ2) is 12.4. The summed E-state index contributed by atoms with van der Waals surface area (Å²) in [5.74, 6) is 1.56. The van der Waals surface area contributed by atoms with Crippen LogP contribution in [0.2, 0.25) is 0 Å². The highest BCUT2D eigenvalue weighted by atomic mass is 35.5. The molecule has 0 spiro atoms. The van der Waals surface area contributed by atoms with Crippen LogP contribution in [0.1, 0.15) is 6.92 Å². The quantitative estimate of drug-likeness (QED) is 0.412. The predicted molar refractivity (Wildman–Crippen MR) is 134 cm³/mol. The van der Waals surface area contributed by atoms with Gasteiger partial charge in [0, 0.05) is 23.1 Å². The van der Waals surface area contributed by atoms with Gasteiger partial charge in [0.2, 0.25) is 5.75 Å². The van der Waals surface area contributed by atoms with Crippen molar-refractivity contribution < 1.29 is 28.9 Å². The van der Waals surface area contributed by atoms with Crippen LogP contribution < -0.4 is 24.6 Å². The Balaban J connectivity index is 0.00000408. The van der Waals surface area contributed by atoms with Crippen LogP contribution >= 0.6 is 23.9 Å². The molecule has 1 unspecified atom stereocenters. The fourth-order valence-corrected chi connectivity index (χ4v) is 3.99. The fourth-order valence-electron chi connectivity index (χ4n) is 3.28. The summed E-state index contributed by atoms with van der Waals surface area (Å²) >= 11 is 1.32. The summed E-state index contributed by atoms with van der Waals surface area (Å²) in [4.78, 5) is 17.8. The first-order valence-corrected chi connectivity index (χ1v) is 10.9. The second-order valence-electron chi connectivity index (χ2n) is 7.05. The number of carbonyl (C=O) groups is 1. The molecular weight excluding hydrogens is 482 g/mol. The van der Waals surface area contributed by atoms with Crippen molar-refractivity contribution >= 4 is 35.7 Å². The standard InChI is InChI=1S/C23H27N3O6S.ClH/c1-14(27)12-24-23(28)26(32-5)17-8-6-7-15(9-17)18-13-33-25-21(18)16-10-19(29-2)22(31-4)20(11-16)30-3;/h6-11,13-14,27H,12H2,1-5H3,(H,24,28);1H. The summed E-state index contributed by atoms with van der Waals surface area (Å²) in [7, 11) is 6.09. The van der Waals surface area contributed by atoms with Crippen LogP contribution in [-0.4, -0.2) is 56.6 Å². The SMILES string of the molecule is COc1cc(-c2nscc2-c2cccc(N(OC)C(=O)NCC(C)O)c2)cc(OC)c1OC.Cl. The summed E-state index contributed by atoms with van der Waals surface area (Å²) in [5, 5.41) is 15.1. The molecule has 1 heterocycles. The van der Waals surface area contributed by atoms with Crippen molar-refractivity contribution in [2.75, 3.05) is 40.0 Å². The summed E-state index contributed by atoms with van der Waals surface area (Å²) in [5.41, 5.74) is 3.77.